The minimum Gasteiger partial charge on any atom is -0.475 e. The topological polar surface area (TPSA) is 196 Å². The fourth-order valence-electron chi connectivity index (χ4n) is 3.39. The number of aromatic nitrogens is 4. The number of pyridine rings is 1. The second-order valence-corrected chi connectivity index (χ2v) is 8.81. The fourth-order valence-corrected chi connectivity index (χ4v) is 3.39. The fraction of sp³-hybridized carbons (Fsp3) is 0.280. The van der Waals surface area contributed by atoms with Crippen LogP contribution in [0.25, 0.3) is 11.1 Å². The highest BCUT2D eigenvalue weighted by Gasteiger charge is 2.38. The number of nitrogens with one attached hydrogen (secondary N) is 3. The molecule has 0 saturated carbocycles. The number of aliphatic carboxylic acids is 2. The monoisotopic (exact) mass is 647 g/mol. The molecule has 3 aromatic heterocycles. The molecule has 4 aromatic rings. The molecule has 0 bridgehead atoms. The summed E-state index contributed by atoms with van der Waals surface area (Å²) in [4.78, 5) is 47.5. The molecule has 0 spiro atoms. The first-order chi connectivity index (χ1) is 21.0. The van der Waals surface area contributed by atoms with Crippen LogP contribution in [0.3, 0.4) is 0 Å². The quantitative estimate of drug-likeness (QED) is 0.194. The number of rotatable bonds is 5. The van der Waals surface area contributed by atoms with Gasteiger partial charge in [-0.05, 0) is 31.2 Å². The van der Waals surface area contributed by atoms with Crippen LogP contribution in [0.5, 0.6) is 0 Å². The Kier molecular flexibility index (Phi) is 10.9. The van der Waals surface area contributed by atoms with Crippen molar-refractivity contribution in [3.05, 3.63) is 58.8 Å². The predicted octanol–water partition coefficient (Wildman–Crippen LogP) is 4.20. The van der Waals surface area contributed by atoms with Gasteiger partial charge >= 0.3 is 30.0 Å². The maximum absolute atomic E-state index is 11.4. The Hall–Kier alpha value is -5.40. The van der Waals surface area contributed by atoms with Crippen molar-refractivity contribution in [1.29, 1.82) is 0 Å². The number of anilines is 5. The molecule has 45 heavy (non-hydrogen) atoms. The van der Waals surface area contributed by atoms with Crippen LogP contribution in [0.2, 0.25) is 0 Å². The minimum atomic E-state index is -5.08. The van der Waals surface area contributed by atoms with Gasteiger partial charge in [0, 0.05) is 48.5 Å². The molecule has 14 nitrogen and oxygen atoms in total. The number of ether oxygens (including phenoxy) is 1. The van der Waals surface area contributed by atoms with Crippen molar-refractivity contribution in [3.8, 4) is 0 Å². The maximum atomic E-state index is 11.4. The van der Waals surface area contributed by atoms with Gasteiger partial charge in [-0.15, -0.1) is 0 Å². The van der Waals surface area contributed by atoms with Gasteiger partial charge in [0.25, 0.3) is 0 Å². The first-order valence-electron chi connectivity index (χ1n) is 12.4. The highest BCUT2D eigenvalue weighted by atomic mass is 19.4. The van der Waals surface area contributed by atoms with Gasteiger partial charge in [-0.3, -0.25) is 4.98 Å². The number of hydrogen-bond donors (Lipinski definition) is 5. The van der Waals surface area contributed by atoms with Gasteiger partial charge in [-0.1, -0.05) is 0 Å². The lowest BCUT2D eigenvalue weighted by atomic mass is 10.2. The van der Waals surface area contributed by atoms with E-state index < -0.39 is 30.0 Å². The standard InChI is InChI=1S/C21H21N7O3.2C2HF3O2/c1-13-12-23-20(25-15-4-5-22-18(11-15)28-6-8-30-9-7-28)27-19(13)24-14-2-3-17-16(10-14)26-21(29)31-17;2*3-2(4,5)1(6)7/h2-5,10-12H,6-9H2,1H3,(H,26,29)(H2,22,23,24,25,27);2*(H,6,7). The molecule has 1 aliphatic rings. The molecule has 0 aliphatic carbocycles. The van der Waals surface area contributed by atoms with Crippen LogP contribution < -0.4 is 21.3 Å². The Labute approximate surface area is 247 Å². The van der Waals surface area contributed by atoms with E-state index in [0.29, 0.717) is 36.1 Å². The van der Waals surface area contributed by atoms with Crippen LogP contribution in [-0.2, 0) is 14.3 Å². The van der Waals surface area contributed by atoms with Crippen LogP contribution in [0.4, 0.5) is 55.3 Å². The lowest BCUT2D eigenvalue weighted by molar-refractivity contribution is -0.193. The Bertz CT molecular complexity index is 1660. The maximum Gasteiger partial charge on any atom is 0.490 e. The molecule has 1 fully saturated rings. The lowest BCUT2D eigenvalue weighted by Crippen LogP contribution is -2.36. The number of morpholine rings is 1. The molecule has 1 aliphatic heterocycles. The van der Waals surface area contributed by atoms with Crippen molar-refractivity contribution in [2.45, 2.75) is 19.3 Å². The Balaban J connectivity index is 0.000000331. The van der Waals surface area contributed by atoms with Gasteiger partial charge in [0.15, 0.2) is 5.58 Å². The number of alkyl halides is 6. The number of benzene rings is 1. The summed E-state index contributed by atoms with van der Waals surface area (Å²) in [6, 6.07) is 9.21. The average molecular weight is 647 g/mol. The zero-order valence-corrected chi connectivity index (χ0v) is 22.9. The van der Waals surface area contributed by atoms with Gasteiger partial charge in [0.2, 0.25) is 5.95 Å². The molecule has 4 heterocycles. The second-order valence-electron chi connectivity index (χ2n) is 8.81. The van der Waals surface area contributed by atoms with E-state index in [4.69, 9.17) is 29.0 Å². The summed E-state index contributed by atoms with van der Waals surface area (Å²) in [6.45, 7) is 4.96. The van der Waals surface area contributed by atoms with Crippen LogP contribution in [-0.4, -0.2) is 80.7 Å². The van der Waals surface area contributed by atoms with E-state index in [1.54, 1.807) is 24.5 Å². The zero-order chi connectivity index (χ0) is 33.4. The number of nitrogens with zero attached hydrogens (tertiary/aromatic N) is 4. The zero-order valence-electron chi connectivity index (χ0n) is 22.9. The average Bonchev–Trinajstić information content (AvgIpc) is 3.34. The molecular formula is C25H23F6N7O7. The van der Waals surface area contributed by atoms with Crippen molar-refractivity contribution >= 4 is 52.0 Å². The van der Waals surface area contributed by atoms with Crippen molar-refractivity contribution in [1.82, 2.24) is 19.9 Å². The smallest absolute Gasteiger partial charge is 0.475 e. The second kappa shape index (κ2) is 14.4. The molecular weight excluding hydrogens is 624 g/mol. The van der Waals surface area contributed by atoms with Crippen molar-refractivity contribution in [3.63, 3.8) is 0 Å². The number of oxazole rings is 1. The molecule has 5 rings (SSSR count). The molecule has 0 radical (unpaired) electrons. The summed E-state index contributed by atoms with van der Waals surface area (Å²) in [5.74, 6) is -3.98. The normalized spacial score (nSPS) is 13.2. The van der Waals surface area contributed by atoms with E-state index in [1.165, 1.54) is 0 Å². The summed E-state index contributed by atoms with van der Waals surface area (Å²) < 4.78 is 73.9. The van der Waals surface area contributed by atoms with Gasteiger partial charge in [0.1, 0.15) is 11.6 Å². The Morgan fingerprint density at radius 3 is 2.13 bits per heavy atom. The van der Waals surface area contributed by atoms with Crippen molar-refractivity contribution in [2.75, 3.05) is 41.8 Å². The predicted molar refractivity (Wildman–Crippen MR) is 145 cm³/mol. The summed E-state index contributed by atoms with van der Waals surface area (Å²) >= 11 is 0. The van der Waals surface area contributed by atoms with Crippen LogP contribution >= 0.6 is 0 Å². The number of H-pyrrole nitrogens is 1. The molecule has 1 saturated heterocycles. The number of carbonyl (C=O) groups is 2. The molecule has 20 heteroatoms. The number of aromatic amines is 1. The van der Waals surface area contributed by atoms with E-state index in [9.17, 15) is 31.1 Å². The number of hydrogen-bond acceptors (Lipinski definition) is 11. The number of halogens is 6. The van der Waals surface area contributed by atoms with E-state index in [-0.39, 0.29) is 0 Å². The summed E-state index contributed by atoms with van der Waals surface area (Å²) in [7, 11) is 0. The molecule has 1 aromatic carbocycles. The Morgan fingerprint density at radius 1 is 0.933 bits per heavy atom. The highest BCUT2D eigenvalue weighted by Crippen LogP contribution is 2.24. The minimum absolute atomic E-state index is 0.463. The molecule has 242 valence electrons. The van der Waals surface area contributed by atoms with Crippen LogP contribution in [0.15, 0.2) is 51.9 Å². The van der Waals surface area contributed by atoms with Gasteiger partial charge in [-0.2, -0.15) is 31.3 Å². The van der Waals surface area contributed by atoms with Crippen LogP contribution in [0, 0.1) is 6.92 Å². The first-order valence-corrected chi connectivity index (χ1v) is 12.4. The summed E-state index contributed by atoms with van der Waals surface area (Å²) in [5.41, 5.74) is 3.63. The van der Waals surface area contributed by atoms with E-state index >= 15 is 0 Å². The molecule has 0 unspecified atom stereocenters. The van der Waals surface area contributed by atoms with Gasteiger partial charge in [0.05, 0.1) is 18.7 Å². The van der Waals surface area contributed by atoms with E-state index in [2.05, 4.69) is 35.5 Å². The Morgan fingerprint density at radius 2 is 1.53 bits per heavy atom. The van der Waals surface area contributed by atoms with Gasteiger partial charge < -0.3 is 34.9 Å². The number of carboxylic acid groups (broad SMARTS) is 2. The number of fused-ring (bicyclic) bond motifs is 1. The molecule has 0 atom stereocenters. The van der Waals surface area contributed by atoms with Crippen molar-refractivity contribution < 1.29 is 55.3 Å². The van der Waals surface area contributed by atoms with Crippen molar-refractivity contribution in [2.24, 2.45) is 0 Å². The third kappa shape index (κ3) is 10.4. The summed E-state index contributed by atoms with van der Waals surface area (Å²) in [6.07, 6.45) is -6.65. The third-order valence-corrected chi connectivity index (χ3v) is 5.48. The largest absolute Gasteiger partial charge is 0.490 e. The van der Waals surface area contributed by atoms with E-state index in [1.807, 2.05) is 25.1 Å². The first kappa shape index (κ1) is 34.1. The van der Waals surface area contributed by atoms with Crippen LogP contribution in [0.1, 0.15) is 5.56 Å². The number of aryl methyl sites for hydroxylation is 1. The SMILES string of the molecule is Cc1cnc(Nc2ccnc(N3CCOCC3)c2)nc1Nc1ccc2oc(=O)[nH]c2c1.O=C(O)C(F)(F)F.O=C(O)C(F)(F)F. The van der Waals surface area contributed by atoms with Gasteiger partial charge in [-0.25, -0.2) is 24.4 Å². The molecule has 0 amide bonds. The lowest BCUT2D eigenvalue weighted by Gasteiger charge is -2.28. The highest BCUT2D eigenvalue weighted by molar-refractivity contribution is 5.78. The molecule has 5 N–H and O–H groups in total. The number of carboxylic acids is 2. The van der Waals surface area contributed by atoms with E-state index in [0.717, 1.165) is 35.8 Å². The third-order valence-electron chi connectivity index (χ3n) is 5.48. The summed E-state index contributed by atoms with van der Waals surface area (Å²) in [5, 5.41) is 20.8.